The second-order valence-corrected chi connectivity index (χ2v) is 8.56. The van der Waals surface area contributed by atoms with Crippen LogP contribution < -0.4 is 4.80 Å². The number of fused-ring (bicyclic) bond motifs is 1. The van der Waals surface area contributed by atoms with E-state index in [1.54, 1.807) is 30.0 Å². The second-order valence-electron chi connectivity index (χ2n) is 5.73. The SMILES string of the molecule is CCc1ccc2c(c1)sc(=NC(=O)c1ccc(Cl)cc1Cl)n2CCSC. The van der Waals surface area contributed by atoms with Crippen molar-refractivity contribution in [1.29, 1.82) is 0 Å². The zero-order chi connectivity index (χ0) is 18.7. The highest BCUT2D eigenvalue weighted by Gasteiger charge is 2.12. The van der Waals surface area contributed by atoms with Gasteiger partial charge < -0.3 is 4.57 Å². The molecule has 1 amide bonds. The number of hydrogen-bond acceptors (Lipinski definition) is 3. The van der Waals surface area contributed by atoms with Crippen LogP contribution in [0, 0.1) is 0 Å². The third-order valence-corrected chi connectivity index (χ3v) is 6.21. The minimum atomic E-state index is -0.355. The Labute approximate surface area is 170 Å². The van der Waals surface area contributed by atoms with Gasteiger partial charge in [-0.3, -0.25) is 4.79 Å². The highest BCUT2D eigenvalue weighted by atomic mass is 35.5. The van der Waals surface area contributed by atoms with E-state index in [0.717, 1.165) is 28.9 Å². The van der Waals surface area contributed by atoms with Crippen LogP contribution in [0.5, 0.6) is 0 Å². The number of nitrogens with zero attached hydrogens (tertiary/aromatic N) is 2. The van der Waals surface area contributed by atoms with Gasteiger partial charge in [-0.25, -0.2) is 0 Å². The largest absolute Gasteiger partial charge is 0.316 e. The molecule has 26 heavy (non-hydrogen) atoms. The van der Waals surface area contributed by atoms with E-state index in [1.165, 1.54) is 16.9 Å². The first-order valence-electron chi connectivity index (χ1n) is 8.18. The monoisotopic (exact) mass is 424 g/mol. The number of hydrogen-bond donors (Lipinski definition) is 0. The molecule has 3 rings (SSSR count). The Hall–Kier alpha value is -1.27. The molecular weight excluding hydrogens is 407 g/mol. The molecule has 0 saturated carbocycles. The van der Waals surface area contributed by atoms with Crippen LogP contribution in [0.4, 0.5) is 0 Å². The lowest BCUT2D eigenvalue weighted by Crippen LogP contribution is -2.18. The third kappa shape index (κ3) is 4.17. The smallest absolute Gasteiger partial charge is 0.281 e. The first-order valence-corrected chi connectivity index (χ1v) is 11.2. The summed E-state index contributed by atoms with van der Waals surface area (Å²) >= 11 is 15.4. The Balaban J connectivity index is 2.12. The molecule has 0 radical (unpaired) electrons. The standard InChI is InChI=1S/C19H18Cl2N2OS2/c1-3-12-4-7-16-17(10-12)26-19(23(16)8-9-25-2)22-18(24)14-6-5-13(20)11-15(14)21/h4-7,10-11H,3,8-9H2,1-2H3. The van der Waals surface area contributed by atoms with Gasteiger partial charge in [-0.1, -0.05) is 47.5 Å². The van der Waals surface area contributed by atoms with E-state index in [1.807, 2.05) is 0 Å². The summed E-state index contributed by atoms with van der Waals surface area (Å²) in [6.45, 7) is 2.93. The lowest BCUT2D eigenvalue weighted by atomic mass is 10.2. The minimum Gasteiger partial charge on any atom is -0.316 e. The van der Waals surface area contributed by atoms with Gasteiger partial charge in [0.25, 0.3) is 5.91 Å². The molecular formula is C19H18Cl2N2OS2. The average Bonchev–Trinajstić information content (AvgIpc) is 2.95. The van der Waals surface area contributed by atoms with Crippen molar-refractivity contribution in [2.45, 2.75) is 19.9 Å². The van der Waals surface area contributed by atoms with Crippen molar-refractivity contribution in [3.05, 3.63) is 62.4 Å². The molecule has 1 aromatic heterocycles. The van der Waals surface area contributed by atoms with Gasteiger partial charge >= 0.3 is 0 Å². The van der Waals surface area contributed by atoms with Crippen LogP contribution in [0.15, 0.2) is 41.4 Å². The highest BCUT2D eigenvalue weighted by Crippen LogP contribution is 2.23. The van der Waals surface area contributed by atoms with E-state index in [2.05, 4.69) is 40.9 Å². The fourth-order valence-corrected chi connectivity index (χ4v) is 4.60. The quantitative estimate of drug-likeness (QED) is 0.527. The number of aromatic nitrogens is 1. The van der Waals surface area contributed by atoms with Crippen LogP contribution in [-0.2, 0) is 13.0 Å². The Bertz CT molecular complexity index is 1020. The molecule has 0 unspecified atom stereocenters. The molecule has 0 aliphatic heterocycles. The van der Waals surface area contributed by atoms with Crippen LogP contribution in [0.25, 0.3) is 10.2 Å². The molecule has 0 fully saturated rings. The van der Waals surface area contributed by atoms with Crippen molar-refractivity contribution in [2.75, 3.05) is 12.0 Å². The fourth-order valence-electron chi connectivity index (χ4n) is 2.63. The number of amides is 1. The summed E-state index contributed by atoms with van der Waals surface area (Å²) in [6, 6.07) is 11.2. The van der Waals surface area contributed by atoms with Crippen molar-refractivity contribution in [2.24, 2.45) is 4.99 Å². The predicted octanol–water partition coefficient (Wildman–Crippen LogP) is 5.68. The van der Waals surface area contributed by atoms with Crippen LogP contribution in [-0.4, -0.2) is 22.5 Å². The van der Waals surface area contributed by atoms with Gasteiger partial charge in [0.2, 0.25) is 0 Å². The van der Waals surface area contributed by atoms with Gasteiger partial charge in [0.15, 0.2) is 4.80 Å². The van der Waals surface area contributed by atoms with Crippen LogP contribution in [0.2, 0.25) is 10.0 Å². The number of aryl methyl sites for hydroxylation is 2. The number of carbonyl (C=O) groups is 1. The molecule has 1 heterocycles. The Morgan fingerprint density at radius 2 is 2.04 bits per heavy atom. The van der Waals surface area contributed by atoms with Crippen molar-refractivity contribution in [1.82, 2.24) is 4.57 Å². The Morgan fingerprint density at radius 1 is 1.23 bits per heavy atom. The van der Waals surface area contributed by atoms with Crippen LogP contribution in [0.1, 0.15) is 22.8 Å². The van der Waals surface area contributed by atoms with E-state index < -0.39 is 0 Å². The van der Waals surface area contributed by atoms with E-state index in [4.69, 9.17) is 23.2 Å². The van der Waals surface area contributed by atoms with E-state index >= 15 is 0 Å². The van der Waals surface area contributed by atoms with Gasteiger partial charge in [-0.05, 0) is 48.6 Å². The maximum atomic E-state index is 12.7. The molecule has 3 nitrogen and oxygen atoms in total. The van der Waals surface area contributed by atoms with Gasteiger partial charge in [0, 0.05) is 17.3 Å². The van der Waals surface area contributed by atoms with Crippen LogP contribution in [0.3, 0.4) is 0 Å². The topological polar surface area (TPSA) is 34.4 Å². The van der Waals surface area contributed by atoms with Crippen molar-refractivity contribution in [3.8, 4) is 0 Å². The average molecular weight is 425 g/mol. The Morgan fingerprint density at radius 3 is 2.73 bits per heavy atom. The van der Waals surface area contributed by atoms with E-state index in [0.29, 0.717) is 20.4 Å². The first-order chi connectivity index (χ1) is 12.5. The van der Waals surface area contributed by atoms with Crippen molar-refractivity contribution in [3.63, 3.8) is 0 Å². The first kappa shape index (κ1) is 19.5. The maximum Gasteiger partial charge on any atom is 0.281 e. The highest BCUT2D eigenvalue weighted by molar-refractivity contribution is 7.98. The summed E-state index contributed by atoms with van der Waals surface area (Å²) in [5, 5.41) is 0.812. The molecule has 7 heteroatoms. The zero-order valence-corrected chi connectivity index (χ0v) is 17.6. The number of thioether (sulfide) groups is 1. The predicted molar refractivity (Wildman–Crippen MR) is 114 cm³/mol. The van der Waals surface area contributed by atoms with Crippen LogP contribution >= 0.6 is 46.3 Å². The van der Waals surface area contributed by atoms with Gasteiger partial charge in [0.05, 0.1) is 20.8 Å². The van der Waals surface area contributed by atoms with Gasteiger partial charge in [-0.15, -0.1) is 0 Å². The normalized spacial score (nSPS) is 12.1. The molecule has 0 atom stereocenters. The summed E-state index contributed by atoms with van der Waals surface area (Å²) in [5.74, 6) is 0.594. The Kier molecular flexibility index (Phi) is 6.46. The molecule has 0 spiro atoms. The summed E-state index contributed by atoms with van der Waals surface area (Å²) in [7, 11) is 0. The zero-order valence-electron chi connectivity index (χ0n) is 14.5. The molecule has 0 N–H and O–H groups in total. The van der Waals surface area contributed by atoms with E-state index in [-0.39, 0.29) is 5.91 Å². The van der Waals surface area contributed by atoms with Gasteiger partial charge in [0.1, 0.15) is 0 Å². The fraction of sp³-hybridized carbons (Fsp3) is 0.263. The lowest BCUT2D eigenvalue weighted by Gasteiger charge is -2.05. The number of carbonyl (C=O) groups excluding carboxylic acids is 1. The summed E-state index contributed by atoms with van der Waals surface area (Å²) in [5.41, 5.74) is 2.74. The number of benzene rings is 2. The molecule has 0 aliphatic carbocycles. The summed E-state index contributed by atoms with van der Waals surface area (Å²) in [4.78, 5) is 17.7. The molecule has 136 valence electrons. The maximum absolute atomic E-state index is 12.7. The molecule has 3 aromatic rings. The number of rotatable bonds is 5. The van der Waals surface area contributed by atoms with Crippen molar-refractivity contribution >= 4 is 62.4 Å². The number of thiazole rings is 1. The second kappa shape index (κ2) is 8.61. The van der Waals surface area contributed by atoms with Gasteiger partial charge in [-0.2, -0.15) is 16.8 Å². The lowest BCUT2D eigenvalue weighted by molar-refractivity contribution is 0.0998. The summed E-state index contributed by atoms with van der Waals surface area (Å²) < 4.78 is 3.25. The molecule has 0 bridgehead atoms. The molecule has 0 saturated heterocycles. The molecule has 2 aromatic carbocycles. The summed E-state index contributed by atoms with van der Waals surface area (Å²) in [6.07, 6.45) is 3.05. The third-order valence-electron chi connectivity index (χ3n) is 4.03. The van der Waals surface area contributed by atoms with Crippen molar-refractivity contribution < 1.29 is 4.79 Å². The minimum absolute atomic E-state index is 0.316. The van der Waals surface area contributed by atoms with E-state index in [9.17, 15) is 4.79 Å². The molecule has 0 aliphatic rings. The number of halogens is 2.